The summed E-state index contributed by atoms with van der Waals surface area (Å²) < 4.78 is 0. The maximum atomic E-state index is 11.1. The van der Waals surface area contributed by atoms with Gasteiger partial charge in [-0.15, -0.1) is 0 Å². The van der Waals surface area contributed by atoms with E-state index in [0.29, 0.717) is 0 Å². The molecule has 0 spiro atoms. The second-order valence-corrected chi connectivity index (χ2v) is 4.99. The van der Waals surface area contributed by atoms with E-state index in [9.17, 15) is 4.79 Å². The number of hydrogen-bond acceptors (Lipinski definition) is 2. The third-order valence-electron chi connectivity index (χ3n) is 3.22. The van der Waals surface area contributed by atoms with Crippen LogP contribution in [0, 0.1) is 6.92 Å². The van der Waals surface area contributed by atoms with Gasteiger partial charge in [-0.05, 0) is 43.2 Å². The maximum absolute atomic E-state index is 11.1. The Morgan fingerprint density at radius 1 is 1.10 bits per heavy atom. The summed E-state index contributed by atoms with van der Waals surface area (Å²) in [6.07, 6.45) is 0. The van der Waals surface area contributed by atoms with Gasteiger partial charge in [0.25, 0.3) is 0 Å². The summed E-state index contributed by atoms with van der Waals surface area (Å²) in [6.45, 7) is 5.64. The molecule has 0 aliphatic carbocycles. The SMILES string of the molecule is CC(=O)Nc1ccc(NC(C)c2ccccc2)cc1C. The van der Waals surface area contributed by atoms with Crippen LogP contribution in [0.4, 0.5) is 11.4 Å². The van der Waals surface area contributed by atoms with Crippen LogP contribution in [-0.2, 0) is 4.79 Å². The lowest BCUT2D eigenvalue weighted by Crippen LogP contribution is -2.09. The van der Waals surface area contributed by atoms with Crippen molar-refractivity contribution in [1.82, 2.24) is 0 Å². The minimum Gasteiger partial charge on any atom is -0.379 e. The fourth-order valence-corrected chi connectivity index (χ4v) is 2.16. The molecular formula is C17H20N2O. The Labute approximate surface area is 120 Å². The molecule has 2 aromatic rings. The molecule has 0 fully saturated rings. The molecule has 0 aromatic heterocycles. The van der Waals surface area contributed by atoms with Gasteiger partial charge in [-0.1, -0.05) is 30.3 Å². The monoisotopic (exact) mass is 268 g/mol. The van der Waals surface area contributed by atoms with Gasteiger partial charge >= 0.3 is 0 Å². The number of carbonyl (C=O) groups is 1. The minimum absolute atomic E-state index is 0.0496. The Bertz CT molecular complexity index is 593. The van der Waals surface area contributed by atoms with E-state index in [1.54, 1.807) is 0 Å². The van der Waals surface area contributed by atoms with Crippen LogP contribution in [0.3, 0.4) is 0 Å². The summed E-state index contributed by atoms with van der Waals surface area (Å²) in [5, 5.41) is 6.29. The third kappa shape index (κ3) is 3.60. The van der Waals surface area contributed by atoms with E-state index in [1.165, 1.54) is 12.5 Å². The number of rotatable bonds is 4. The summed E-state index contributed by atoms with van der Waals surface area (Å²) in [5.74, 6) is -0.0496. The predicted molar refractivity (Wildman–Crippen MR) is 84.0 cm³/mol. The van der Waals surface area contributed by atoms with Crippen LogP contribution in [0.25, 0.3) is 0 Å². The molecule has 1 unspecified atom stereocenters. The van der Waals surface area contributed by atoms with Gasteiger partial charge < -0.3 is 10.6 Å². The zero-order chi connectivity index (χ0) is 14.5. The van der Waals surface area contributed by atoms with Crippen LogP contribution in [0.15, 0.2) is 48.5 Å². The molecule has 0 saturated heterocycles. The third-order valence-corrected chi connectivity index (χ3v) is 3.22. The maximum Gasteiger partial charge on any atom is 0.221 e. The Morgan fingerprint density at radius 2 is 1.80 bits per heavy atom. The lowest BCUT2D eigenvalue weighted by atomic mass is 10.1. The van der Waals surface area contributed by atoms with Gasteiger partial charge in [0.1, 0.15) is 0 Å². The molecule has 2 rings (SSSR count). The Hall–Kier alpha value is -2.29. The van der Waals surface area contributed by atoms with Crippen molar-refractivity contribution < 1.29 is 4.79 Å². The zero-order valence-corrected chi connectivity index (χ0v) is 12.1. The quantitative estimate of drug-likeness (QED) is 0.875. The average molecular weight is 268 g/mol. The second-order valence-electron chi connectivity index (χ2n) is 4.99. The van der Waals surface area contributed by atoms with Crippen molar-refractivity contribution in [2.45, 2.75) is 26.8 Å². The summed E-state index contributed by atoms with van der Waals surface area (Å²) in [4.78, 5) is 11.1. The molecule has 0 radical (unpaired) electrons. The van der Waals surface area contributed by atoms with E-state index in [2.05, 4.69) is 29.7 Å². The summed E-state index contributed by atoms with van der Waals surface area (Å²) in [6, 6.07) is 16.5. The molecular weight excluding hydrogens is 248 g/mol. The van der Waals surface area contributed by atoms with Crippen molar-refractivity contribution in [3.8, 4) is 0 Å². The molecule has 104 valence electrons. The number of anilines is 2. The molecule has 2 N–H and O–H groups in total. The highest BCUT2D eigenvalue weighted by Crippen LogP contribution is 2.23. The van der Waals surface area contributed by atoms with E-state index in [-0.39, 0.29) is 11.9 Å². The first-order valence-corrected chi connectivity index (χ1v) is 6.76. The molecule has 2 aromatic carbocycles. The van der Waals surface area contributed by atoms with Crippen LogP contribution < -0.4 is 10.6 Å². The highest BCUT2D eigenvalue weighted by atomic mass is 16.1. The lowest BCUT2D eigenvalue weighted by Gasteiger charge is -2.17. The molecule has 0 bridgehead atoms. The van der Waals surface area contributed by atoms with Crippen LogP contribution in [0.5, 0.6) is 0 Å². The Balaban J connectivity index is 2.10. The smallest absolute Gasteiger partial charge is 0.221 e. The zero-order valence-electron chi connectivity index (χ0n) is 12.1. The summed E-state index contributed by atoms with van der Waals surface area (Å²) in [7, 11) is 0. The molecule has 0 saturated carbocycles. The van der Waals surface area contributed by atoms with Crippen molar-refractivity contribution >= 4 is 17.3 Å². The van der Waals surface area contributed by atoms with Gasteiger partial charge in [0.2, 0.25) is 5.91 Å². The molecule has 1 amide bonds. The van der Waals surface area contributed by atoms with Gasteiger partial charge in [-0.3, -0.25) is 4.79 Å². The normalized spacial score (nSPS) is 11.8. The van der Waals surface area contributed by atoms with Gasteiger partial charge in [-0.2, -0.15) is 0 Å². The fraction of sp³-hybridized carbons (Fsp3) is 0.235. The number of aryl methyl sites for hydroxylation is 1. The van der Waals surface area contributed by atoms with Gasteiger partial charge in [-0.25, -0.2) is 0 Å². The summed E-state index contributed by atoms with van der Waals surface area (Å²) in [5.41, 5.74) is 4.20. The Kier molecular flexibility index (Phi) is 4.41. The first-order valence-electron chi connectivity index (χ1n) is 6.76. The number of carbonyl (C=O) groups excluding carboxylic acids is 1. The molecule has 20 heavy (non-hydrogen) atoms. The molecule has 1 atom stereocenters. The second kappa shape index (κ2) is 6.24. The summed E-state index contributed by atoms with van der Waals surface area (Å²) >= 11 is 0. The first kappa shape index (κ1) is 14.1. The molecule has 0 aliphatic heterocycles. The van der Waals surface area contributed by atoms with Crippen LogP contribution in [0.2, 0.25) is 0 Å². The number of benzene rings is 2. The van der Waals surface area contributed by atoms with E-state index in [1.807, 2.05) is 43.3 Å². The van der Waals surface area contributed by atoms with Crippen molar-refractivity contribution in [2.24, 2.45) is 0 Å². The van der Waals surface area contributed by atoms with Crippen molar-refractivity contribution in [2.75, 3.05) is 10.6 Å². The van der Waals surface area contributed by atoms with E-state index in [0.717, 1.165) is 16.9 Å². The van der Waals surface area contributed by atoms with Crippen molar-refractivity contribution in [3.63, 3.8) is 0 Å². The highest BCUT2D eigenvalue weighted by molar-refractivity contribution is 5.89. The lowest BCUT2D eigenvalue weighted by molar-refractivity contribution is -0.114. The van der Waals surface area contributed by atoms with Gasteiger partial charge in [0.05, 0.1) is 0 Å². The highest BCUT2D eigenvalue weighted by Gasteiger charge is 2.06. The predicted octanol–water partition coefficient (Wildman–Crippen LogP) is 4.13. The Morgan fingerprint density at radius 3 is 2.40 bits per heavy atom. The minimum atomic E-state index is -0.0496. The van der Waals surface area contributed by atoms with Crippen molar-refractivity contribution in [3.05, 3.63) is 59.7 Å². The fourth-order valence-electron chi connectivity index (χ4n) is 2.16. The first-order chi connectivity index (χ1) is 9.56. The number of hydrogen-bond donors (Lipinski definition) is 2. The topological polar surface area (TPSA) is 41.1 Å². The molecule has 3 nitrogen and oxygen atoms in total. The molecule has 0 aliphatic rings. The van der Waals surface area contributed by atoms with E-state index >= 15 is 0 Å². The van der Waals surface area contributed by atoms with Crippen LogP contribution >= 0.6 is 0 Å². The molecule has 3 heteroatoms. The van der Waals surface area contributed by atoms with Crippen molar-refractivity contribution in [1.29, 1.82) is 0 Å². The van der Waals surface area contributed by atoms with Crippen LogP contribution in [-0.4, -0.2) is 5.91 Å². The van der Waals surface area contributed by atoms with Gasteiger partial charge in [0, 0.05) is 24.3 Å². The number of amides is 1. The average Bonchev–Trinajstić information content (AvgIpc) is 2.42. The molecule has 0 heterocycles. The van der Waals surface area contributed by atoms with Crippen LogP contribution in [0.1, 0.15) is 31.0 Å². The van der Waals surface area contributed by atoms with E-state index in [4.69, 9.17) is 0 Å². The number of nitrogens with one attached hydrogen (secondary N) is 2. The largest absolute Gasteiger partial charge is 0.379 e. The standard InChI is InChI=1S/C17H20N2O/c1-12-11-16(9-10-17(12)19-14(3)20)18-13(2)15-7-5-4-6-8-15/h4-11,13,18H,1-3H3,(H,19,20). The van der Waals surface area contributed by atoms with E-state index < -0.39 is 0 Å². The van der Waals surface area contributed by atoms with Gasteiger partial charge in [0.15, 0.2) is 0 Å².